The standard InChI is InChI=1S/C18H20N6O2S/c1-19-16(25)14-4-3-12(11-20-14)23-6-8-24(9-7-23)18-21-13-5-10-27-15(13)17(26)22(18)2/h3-5,10-11H,6-9H2,1-2H3,(H,19,25). The summed E-state index contributed by atoms with van der Waals surface area (Å²) in [5, 5.41) is 4.47. The number of fused-ring (bicyclic) bond motifs is 1. The second-order valence-corrected chi connectivity index (χ2v) is 7.28. The van der Waals surface area contributed by atoms with Crippen LogP contribution in [0.4, 0.5) is 11.6 Å². The fourth-order valence-corrected chi connectivity index (χ4v) is 4.06. The summed E-state index contributed by atoms with van der Waals surface area (Å²) in [7, 11) is 3.36. The Balaban J connectivity index is 1.50. The maximum absolute atomic E-state index is 12.5. The van der Waals surface area contributed by atoms with Crippen molar-refractivity contribution in [3.63, 3.8) is 0 Å². The number of hydrogen-bond donors (Lipinski definition) is 1. The molecule has 27 heavy (non-hydrogen) atoms. The minimum Gasteiger partial charge on any atom is -0.367 e. The summed E-state index contributed by atoms with van der Waals surface area (Å²) in [5.41, 5.74) is 2.15. The second-order valence-electron chi connectivity index (χ2n) is 6.37. The van der Waals surface area contributed by atoms with Crippen molar-refractivity contribution in [3.8, 4) is 0 Å². The third kappa shape index (κ3) is 3.14. The Labute approximate surface area is 160 Å². The van der Waals surface area contributed by atoms with Crippen molar-refractivity contribution in [1.29, 1.82) is 0 Å². The number of rotatable bonds is 3. The fourth-order valence-electron chi connectivity index (χ4n) is 3.26. The van der Waals surface area contributed by atoms with E-state index in [1.54, 1.807) is 30.9 Å². The largest absolute Gasteiger partial charge is 0.367 e. The van der Waals surface area contributed by atoms with Crippen molar-refractivity contribution in [2.45, 2.75) is 0 Å². The van der Waals surface area contributed by atoms with Crippen LogP contribution >= 0.6 is 11.3 Å². The van der Waals surface area contributed by atoms with Crippen LogP contribution in [0.3, 0.4) is 0 Å². The van der Waals surface area contributed by atoms with E-state index in [4.69, 9.17) is 0 Å². The van der Waals surface area contributed by atoms with Gasteiger partial charge in [0.05, 0.1) is 17.4 Å². The number of anilines is 2. The Hall–Kier alpha value is -2.94. The maximum Gasteiger partial charge on any atom is 0.272 e. The molecule has 1 saturated heterocycles. The van der Waals surface area contributed by atoms with Crippen molar-refractivity contribution < 1.29 is 4.79 Å². The molecule has 1 amide bonds. The average molecular weight is 384 g/mol. The highest BCUT2D eigenvalue weighted by molar-refractivity contribution is 7.17. The van der Waals surface area contributed by atoms with Crippen molar-refractivity contribution in [1.82, 2.24) is 19.9 Å². The lowest BCUT2D eigenvalue weighted by Gasteiger charge is -2.36. The molecule has 9 heteroatoms. The molecule has 0 saturated carbocycles. The number of carbonyl (C=O) groups excluding carboxylic acids is 1. The van der Waals surface area contributed by atoms with Crippen LogP contribution in [0.2, 0.25) is 0 Å². The zero-order valence-electron chi connectivity index (χ0n) is 15.2. The van der Waals surface area contributed by atoms with Crippen molar-refractivity contribution >= 4 is 39.1 Å². The van der Waals surface area contributed by atoms with Crippen LogP contribution in [0.1, 0.15) is 10.5 Å². The lowest BCUT2D eigenvalue weighted by molar-refractivity contribution is 0.0958. The molecule has 4 rings (SSSR count). The number of amides is 1. The van der Waals surface area contributed by atoms with E-state index in [0.717, 1.165) is 37.4 Å². The van der Waals surface area contributed by atoms with Crippen molar-refractivity contribution in [3.05, 3.63) is 45.8 Å². The van der Waals surface area contributed by atoms with Crippen LogP contribution in [0.5, 0.6) is 0 Å². The van der Waals surface area contributed by atoms with Crippen LogP contribution in [-0.2, 0) is 7.05 Å². The van der Waals surface area contributed by atoms with Gasteiger partial charge in [-0.15, -0.1) is 11.3 Å². The number of piperazine rings is 1. The molecule has 0 unspecified atom stereocenters. The Morgan fingerprint density at radius 3 is 2.56 bits per heavy atom. The topological polar surface area (TPSA) is 83.4 Å². The SMILES string of the molecule is CNC(=O)c1ccc(N2CCN(c3nc4ccsc4c(=O)n3C)CC2)cn1. The third-order valence-corrected chi connectivity index (χ3v) is 5.69. The van der Waals surface area contributed by atoms with Gasteiger partial charge in [-0.05, 0) is 23.6 Å². The molecule has 0 bridgehead atoms. The molecule has 0 radical (unpaired) electrons. The van der Waals surface area contributed by atoms with Crippen LogP contribution in [0.25, 0.3) is 10.2 Å². The molecule has 0 aromatic carbocycles. The monoisotopic (exact) mass is 384 g/mol. The van der Waals surface area contributed by atoms with Gasteiger partial charge in [-0.25, -0.2) is 9.97 Å². The Bertz CT molecular complexity index is 1030. The van der Waals surface area contributed by atoms with Gasteiger partial charge in [0.15, 0.2) is 0 Å². The second kappa shape index (κ2) is 6.99. The van der Waals surface area contributed by atoms with Crippen LogP contribution < -0.4 is 20.7 Å². The summed E-state index contributed by atoms with van der Waals surface area (Å²) in [6.45, 7) is 3.09. The predicted octanol–water partition coefficient (Wildman–Crippen LogP) is 1.08. The lowest BCUT2D eigenvalue weighted by atomic mass is 10.2. The first-order valence-electron chi connectivity index (χ1n) is 8.71. The molecule has 0 atom stereocenters. The van der Waals surface area contributed by atoms with E-state index in [2.05, 4.69) is 25.1 Å². The summed E-state index contributed by atoms with van der Waals surface area (Å²) < 4.78 is 2.33. The lowest BCUT2D eigenvalue weighted by Crippen LogP contribution is -2.48. The molecular weight excluding hydrogens is 364 g/mol. The van der Waals surface area contributed by atoms with Gasteiger partial charge in [0.2, 0.25) is 5.95 Å². The first-order chi connectivity index (χ1) is 13.1. The van der Waals surface area contributed by atoms with Gasteiger partial charge in [0, 0.05) is 40.3 Å². The minimum absolute atomic E-state index is 0.00131. The summed E-state index contributed by atoms with van der Waals surface area (Å²) in [5.74, 6) is 0.515. The predicted molar refractivity (Wildman–Crippen MR) is 107 cm³/mol. The van der Waals surface area contributed by atoms with E-state index in [1.807, 2.05) is 17.5 Å². The number of aromatic nitrogens is 3. The molecule has 3 aromatic heterocycles. The number of pyridine rings is 1. The normalized spacial score (nSPS) is 14.6. The molecular formula is C18H20N6O2S. The van der Waals surface area contributed by atoms with E-state index in [9.17, 15) is 9.59 Å². The van der Waals surface area contributed by atoms with Gasteiger partial charge in [0.1, 0.15) is 10.4 Å². The number of carbonyl (C=O) groups is 1. The molecule has 140 valence electrons. The number of nitrogens with zero attached hydrogens (tertiary/aromatic N) is 5. The van der Waals surface area contributed by atoms with E-state index >= 15 is 0 Å². The van der Waals surface area contributed by atoms with E-state index in [1.165, 1.54) is 11.3 Å². The number of nitrogens with one attached hydrogen (secondary N) is 1. The summed E-state index contributed by atoms with van der Waals surface area (Å²) in [6, 6.07) is 5.54. The highest BCUT2D eigenvalue weighted by Gasteiger charge is 2.22. The van der Waals surface area contributed by atoms with Gasteiger partial charge in [-0.1, -0.05) is 0 Å². The van der Waals surface area contributed by atoms with E-state index in [-0.39, 0.29) is 11.5 Å². The molecule has 0 spiro atoms. The van der Waals surface area contributed by atoms with Crippen LogP contribution in [0.15, 0.2) is 34.6 Å². The molecule has 1 N–H and O–H groups in total. The molecule has 8 nitrogen and oxygen atoms in total. The quantitative estimate of drug-likeness (QED) is 0.728. The third-order valence-electron chi connectivity index (χ3n) is 4.80. The van der Waals surface area contributed by atoms with Gasteiger partial charge in [-0.2, -0.15) is 0 Å². The smallest absolute Gasteiger partial charge is 0.272 e. The Morgan fingerprint density at radius 2 is 1.89 bits per heavy atom. The molecule has 1 aliphatic heterocycles. The molecule has 1 aliphatic rings. The molecule has 0 aliphatic carbocycles. The zero-order chi connectivity index (χ0) is 19.0. The first kappa shape index (κ1) is 17.5. The molecule has 1 fully saturated rings. The Morgan fingerprint density at radius 1 is 1.15 bits per heavy atom. The van der Waals surface area contributed by atoms with Gasteiger partial charge in [-0.3, -0.25) is 14.2 Å². The summed E-state index contributed by atoms with van der Waals surface area (Å²) >= 11 is 1.43. The minimum atomic E-state index is -0.192. The summed E-state index contributed by atoms with van der Waals surface area (Å²) in [6.07, 6.45) is 1.73. The summed E-state index contributed by atoms with van der Waals surface area (Å²) in [4.78, 5) is 37.4. The highest BCUT2D eigenvalue weighted by atomic mass is 32.1. The van der Waals surface area contributed by atoms with E-state index < -0.39 is 0 Å². The van der Waals surface area contributed by atoms with E-state index in [0.29, 0.717) is 16.3 Å². The first-order valence-corrected chi connectivity index (χ1v) is 9.58. The highest BCUT2D eigenvalue weighted by Crippen LogP contribution is 2.21. The van der Waals surface area contributed by atoms with Crippen LogP contribution in [0, 0.1) is 0 Å². The van der Waals surface area contributed by atoms with Crippen LogP contribution in [-0.4, -0.2) is 53.7 Å². The maximum atomic E-state index is 12.5. The zero-order valence-corrected chi connectivity index (χ0v) is 16.0. The number of thiophene rings is 1. The van der Waals surface area contributed by atoms with Gasteiger partial charge in [0.25, 0.3) is 11.5 Å². The molecule has 3 aromatic rings. The Kier molecular flexibility index (Phi) is 4.53. The number of hydrogen-bond acceptors (Lipinski definition) is 7. The van der Waals surface area contributed by atoms with Gasteiger partial charge < -0.3 is 15.1 Å². The van der Waals surface area contributed by atoms with Gasteiger partial charge >= 0.3 is 0 Å². The van der Waals surface area contributed by atoms with Crippen molar-refractivity contribution in [2.24, 2.45) is 7.05 Å². The fraction of sp³-hybridized carbons (Fsp3) is 0.333. The average Bonchev–Trinajstić information content (AvgIpc) is 3.19. The molecule has 4 heterocycles. The van der Waals surface area contributed by atoms with Crippen molar-refractivity contribution in [2.75, 3.05) is 43.0 Å².